The number of cyclic esters (lactones) is 1. The van der Waals surface area contributed by atoms with Crippen molar-refractivity contribution in [1.82, 2.24) is 0 Å². The molecule has 0 amide bonds. The van der Waals surface area contributed by atoms with E-state index in [0.29, 0.717) is 25.7 Å². The lowest BCUT2D eigenvalue weighted by molar-refractivity contribution is -0.166. The quantitative estimate of drug-likeness (QED) is 0.0252. The number of carbonyl (C=O) groups is 3. The molecule has 2 bridgehead atoms. The summed E-state index contributed by atoms with van der Waals surface area (Å²) in [6, 6.07) is 0. The number of phosphoric ester groups is 1. The molecule has 1 saturated carbocycles. The van der Waals surface area contributed by atoms with Crippen LogP contribution >= 0.6 is 7.82 Å². The summed E-state index contributed by atoms with van der Waals surface area (Å²) in [5.41, 5.74) is 0. The highest BCUT2D eigenvalue weighted by molar-refractivity contribution is 7.47. The lowest BCUT2D eigenvalue weighted by Crippen LogP contribution is -2.55. The van der Waals surface area contributed by atoms with Crippen molar-refractivity contribution < 1.29 is 78.1 Å². The Bertz CT molecular complexity index is 1740. The average Bonchev–Trinajstić information content (AvgIpc) is 3.31. The summed E-state index contributed by atoms with van der Waals surface area (Å²) in [4.78, 5) is 50.0. The normalized spacial score (nSPS) is 31.1. The first-order chi connectivity index (χ1) is 32.6. The fourth-order valence-electron chi connectivity index (χ4n) is 7.31. The van der Waals surface area contributed by atoms with E-state index in [-0.39, 0.29) is 32.1 Å². The highest BCUT2D eigenvalue weighted by atomic mass is 31.2. The molecule has 16 nitrogen and oxygen atoms in total. The van der Waals surface area contributed by atoms with Crippen LogP contribution in [0.5, 0.6) is 0 Å². The molecule has 0 radical (unpaired) electrons. The van der Waals surface area contributed by atoms with Gasteiger partial charge < -0.3 is 50.1 Å². The number of carbonyl (C=O) groups excluding carboxylic acids is 3. The Kier molecular flexibility index (Phi) is 31.5. The number of ketones is 1. The maximum absolute atomic E-state index is 13.6. The molecular weight excluding hydrogens is 900 g/mol. The van der Waals surface area contributed by atoms with Crippen LogP contribution in [-0.4, -0.2) is 127 Å². The van der Waals surface area contributed by atoms with E-state index in [9.17, 15) is 59.6 Å². The Morgan fingerprint density at radius 3 is 1.99 bits per heavy atom. The van der Waals surface area contributed by atoms with Crippen molar-refractivity contribution in [3.05, 3.63) is 97.2 Å². The summed E-state index contributed by atoms with van der Waals surface area (Å²) in [7, 11) is -5.48. The molecule has 1 aliphatic carbocycles. The fourth-order valence-corrected chi connectivity index (χ4v) is 8.28. The summed E-state index contributed by atoms with van der Waals surface area (Å²) < 4.78 is 34.5. The second-order valence-electron chi connectivity index (χ2n) is 17.0. The lowest BCUT2D eigenvalue weighted by atomic mass is 9.84. The Balaban J connectivity index is 2.12. The number of allylic oxidation sites excluding steroid dienone is 14. The molecule has 2 aliphatic rings. The van der Waals surface area contributed by atoms with Crippen LogP contribution in [0, 0.1) is 11.8 Å². The molecule has 2 rings (SSSR count). The largest absolute Gasteiger partial charge is 0.472 e. The van der Waals surface area contributed by atoms with Gasteiger partial charge in [0.1, 0.15) is 36.8 Å². The molecule has 384 valence electrons. The first-order valence-electron chi connectivity index (χ1n) is 24.1. The van der Waals surface area contributed by atoms with Crippen LogP contribution in [0.1, 0.15) is 123 Å². The van der Waals surface area contributed by atoms with E-state index >= 15 is 0 Å². The molecule has 1 heterocycles. The van der Waals surface area contributed by atoms with Crippen molar-refractivity contribution in [1.29, 1.82) is 0 Å². The molecule has 1 unspecified atom stereocenters. The second kappa shape index (κ2) is 35.5. The Morgan fingerprint density at radius 2 is 1.38 bits per heavy atom. The fraction of sp³-hybridized carbons (Fsp3) is 0.627. The van der Waals surface area contributed by atoms with Crippen molar-refractivity contribution in [3.8, 4) is 0 Å². The first kappa shape index (κ1) is 60.5. The van der Waals surface area contributed by atoms with E-state index in [4.69, 9.17) is 18.5 Å². The molecule has 1 aliphatic heterocycles. The van der Waals surface area contributed by atoms with E-state index in [0.717, 1.165) is 44.9 Å². The minimum Gasteiger partial charge on any atom is -0.462 e. The Hall–Kier alpha value is -3.64. The van der Waals surface area contributed by atoms with Crippen molar-refractivity contribution in [2.45, 2.75) is 178 Å². The van der Waals surface area contributed by atoms with Gasteiger partial charge in [0.05, 0.1) is 31.0 Å². The minimum absolute atomic E-state index is 0.0270. The predicted molar refractivity (Wildman–Crippen MR) is 258 cm³/mol. The zero-order valence-electron chi connectivity index (χ0n) is 39.8. The minimum atomic E-state index is -5.48. The molecule has 0 aromatic carbocycles. The van der Waals surface area contributed by atoms with Crippen molar-refractivity contribution in [2.24, 2.45) is 11.8 Å². The third-order valence-electron chi connectivity index (χ3n) is 11.3. The van der Waals surface area contributed by atoms with Gasteiger partial charge in [-0.2, -0.15) is 0 Å². The van der Waals surface area contributed by atoms with E-state index in [2.05, 4.69) is 55.5 Å². The van der Waals surface area contributed by atoms with Gasteiger partial charge in [-0.1, -0.05) is 130 Å². The summed E-state index contributed by atoms with van der Waals surface area (Å²) in [6.07, 6.45) is 20.2. The molecule has 1 fully saturated rings. The number of esters is 2. The van der Waals surface area contributed by atoms with Gasteiger partial charge in [0.15, 0.2) is 6.10 Å². The van der Waals surface area contributed by atoms with Crippen LogP contribution < -0.4 is 0 Å². The van der Waals surface area contributed by atoms with Gasteiger partial charge in [0, 0.05) is 31.1 Å². The summed E-state index contributed by atoms with van der Waals surface area (Å²) >= 11 is 0. The molecule has 8 N–H and O–H groups in total. The van der Waals surface area contributed by atoms with Gasteiger partial charge in [0.2, 0.25) is 0 Å². The average molecular weight is 979 g/mol. The number of aliphatic hydroxyl groups is 7. The zero-order valence-corrected chi connectivity index (χ0v) is 40.7. The SMILES string of the molecule is CC/C=C\C/C=C\C/C=C\C/C=C\C/C=C\C/C=C\CCC(=O)OC[C@@H]1COP(=O)(O)O[C@H]2[C@H](O)[C@@H](O)[C@H](O)[C@@H](C/C=C\CCCC(=O)O1)C(=O)C[C@@H](O)[C@H](/C=C/[C@@H](O)CCCCC)[C@@H](O)[C@H]2O. The number of ether oxygens (including phenoxy) is 2. The Morgan fingerprint density at radius 1 is 0.794 bits per heavy atom. The van der Waals surface area contributed by atoms with Crippen LogP contribution in [0.15, 0.2) is 97.2 Å². The number of hydrogen-bond acceptors (Lipinski definition) is 15. The van der Waals surface area contributed by atoms with Crippen molar-refractivity contribution >= 4 is 25.5 Å². The molecule has 0 spiro atoms. The van der Waals surface area contributed by atoms with E-state index < -0.39 is 112 Å². The highest BCUT2D eigenvalue weighted by Gasteiger charge is 2.49. The molecular formula is C51H79O16P. The van der Waals surface area contributed by atoms with Gasteiger partial charge >= 0.3 is 19.8 Å². The van der Waals surface area contributed by atoms with E-state index in [1.807, 2.05) is 31.2 Å². The van der Waals surface area contributed by atoms with Gasteiger partial charge in [-0.05, 0) is 70.6 Å². The Labute approximate surface area is 402 Å². The lowest BCUT2D eigenvalue weighted by Gasteiger charge is -2.36. The second-order valence-corrected chi connectivity index (χ2v) is 18.4. The molecule has 68 heavy (non-hydrogen) atoms. The van der Waals surface area contributed by atoms with Crippen molar-refractivity contribution in [3.63, 3.8) is 0 Å². The number of rotatable bonds is 22. The van der Waals surface area contributed by atoms with Crippen LogP contribution in [-0.2, 0) is 37.5 Å². The van der Waals surface area contributed by atoms with Crippen LogP contribution in [0.4, 0.5) is 0 Å². The number of hydrogen-bond donors (Lipinski definition) is 8. The third-order valence-corrected chi connectivity index (χ3v) is 12.3. The number of Topliss-reactive ketones (excluding diaryl/α,β-unsaturated/α-hetero) is 1. The van der Waals surface area contributed by atoms with Gasteiger partial charge in [-0.25, -0.2) is 4.57 Å². The number of phosphoric acid groups is 1. The van der Waals surface area contributed by atoms with Gasteiger partial charge in [-0.15, -0.1) is 0 Å². The van der Waals surface area contributed by atoms with Crippen molar-refractivity contribution in [2.75, 3.05) is 13.2 Å². The molecule has 12 atom stereocenters. The highest BCUT2D eigenvalue weighted by Crippen LogP contribution is 2.47. The predicted octanol–water partition coefficient (Wildman–Crippen LogP) is 6.42. The molecule has 0 aromatic rings. The molecule has 0 aromatic heterocycles. The molecule has 0 saturated heterocycles. The van der Waals surface area contributed by atoms with E-state index in [1.54, 1.807) is 6.08 Å². The third kappa shape index (κ3) is 25.3. The monoisotopic (exact) mass is 979 g/mol. The topological polar surface area (TPSA) is 267 Å². The summed E-state index contributed by atoms with van der Waals surface area (Å²) in [5, 5.41) is 78.4. The van der Waals surface area contributed by atoms with Gasteiger partial charge in [0.25, 0.3) is 0 Å². The number of aliphatic hydroxyl groups excluding tert-OH is 7. The van der Waals surface area contributed by atoms with Gasteiger partial charge in [-0.3, -0.25) is 23.4 Å². The standard InChI is InChI=1S/C51H79O16P/c1-3-5-7-8-9-10-11-12-13-14-15-16-17-18-19-20-21-22-27-31-44(55)64-36-39-37-65-68(62,63)67-51-49(60)47(58)41(34-33-38(52)29-25-6-4-2)43(54)35-42(53)40(46(57)48(59)50(51)61)30-26-23-24-28-32-45(56)66-39/h5,7,9-10,12-13,15-16,18-19,21-23,26,33-34,38-41,43,46-52,54,57-61H,3-4,6,8,11,14,17,20,24-25,27-32,35-37H2,1-2H3,(H,62,63)/b7-5-,10-9-,13-12-,16-15-,19-18-,22-21-,26-23-,34-33+/t38-,39+,40-,41-,43+,46+,47+,48-,49+,50+,51+/m0/s1. The number of unbranched alkanes of at least 4 members (excludes halogenated alkanes) is 2. The maximum Gasteiger partial charge on any atom is 0.472 e. The first-order valence-corrected chi connectivity index (χ1v) is 25.6. The van der Waals surface area contributed by atoms with Crippen LogP contribution in [0.3, 0.4) is 0 Å². The van der Waals surface area contributed by atoms with E-state index in [1.165, 1.54) is 18.2 Å². The number of fused-ring (bicyclic) bond motifs is 4. The molecule has 17 heteroatoms. The summed E-state index contributed by atoms with van der Waals surface area (Å²) in [6.45, 7) is 2.61. The summed E-state index contributed by atoms with van der Waals surface area (Å²) in [5.74, 6) is -5.20. The van der Waals surface area contributed by atoms with Crippen LogP contribution in [0.2, 0.25) is 0 Å². The zero-order chi connectivity index (χ0) is 50.2. The smallest absolute Gasteiger partial charge is 0.462 e. The maximum atomic E-state index is 13.6. The van der Waals surface area contributed by atoms with Crippen LogP contribution in [0.25, 0.3) is 0 Å².